The van der Waals surface area contributed by atoms with Gasteiger partial charge in [-0.25, -0.2) is 0 Å². The van der Waals surface area contributed by atoms with Gasteiger partial charge < -0.3 is 5.11 Å². The van der Waals surface area contributed by atoms with Crippen LogP contribution >= 0.6 is 0 Å². The van der Waals surface area contributed by atoms with Gasteiger partial charge in [0.15, 0.2) is 5.69 Å². The number of nitriles is 1. The molecule has 0 saturated carbocycles. The van der Waals surface area contributed by atoms with Crippen LogP contribution in [0.25, 0.3) is 0 Å². The molecule has 0 aliphatic rings. The first-order valence-corrected chi connectivity index (χ1v) is 2.87. The number of rotatable bonds is 2. The number of carboxylic acids is 1. The lowest BCUT2D eigenvalue weighted by molar-refractivity contribution is -0.137. The Hall–Kier alpha value is -1.83. The molecule has 0 aliphatic heterocycles. The largest absolute Gasteiger partial charge is 0.480 e. The van der Waals surface area contributed by atoms with Gasteiger partial charge in [0.1, 0.15) is 12.6 Å². The molecule has 0 aliphatic carbocycles. The smallest absolute Gasteiger partial charge is 0.325 e. The van der Waals surface area contributed by atoms with E-state index in [9.17, 15) is 4.79 Å². The topological polar surface area (TPSA) is 78.9 Å². The molecule has 5 nitrogen and oxygen atoms in total. The molecule has 0 radical (unpaired) electrons. The molecule has 1 aromatic heterocycles. The fourth-order valence-electron chi connectivity index (χ4n) is 0.648. The van der Waals surface area contributed by atoms with Gasteiger partial charge in [0.05, 0.1) is 0 Å². The number of carboxylic acid groups (broad SMARTS) is 1. The maximum atomic E-state index is 10.1. The van der Waals surface area contributed by atoms with Crippen LogP contribution in [0.15, 0.2) is 12.3 Å². The van der Waals surface area contributed by atoms with Crippen molar-refractivity contribution in [3.8, 4) is 6.07 Å². The highest BCUT2D eigenvalue weighted by molar-refractivity contribution is 5.66. The van der Waals surface area contributed by atoms with Crippen LogP contribution in [0.5, 0.6) is 0 Å². The van der Waals surface area contributed by atoms with Crippen LogP contribution in [0.4, 0.5) is 0 Å². The summed E-state index contributed by atoms with van der Waals surface area (Å²) in [5, 5.41) is 20.3. The molecule has 0 aromatic carbocycles. The minimum absolute atomic E-state index is 0.207. The lowest BCUT2D eigenvalue weighted by Crippen LogP contribution is -2.08. The van der Waals surface area contributed by atoms with Crippen molar-refractivity contribution >= 4 is 5.97 Å². The SMILES string of the molecule is N#Cc1ccn(CC(=O)O)n1. The zero-order valence-electron chi connectivity index (χ0n) is 5.56. The molecule has 56 valence electrons. The summed E-state index contributed by atoms with van der Waals surface area (Å²) in [6, 6.07) is 3.26. The Morgan fingerprint density at radius 3 is 3.09 bits per heavy atom. The second kappa shape index (κ2) is 2.84. The Labute approximate surface area is 62.5 Å². The van der Waals surface area contributed by atoms with Gasteiger partial charge in [0.25, 0.3) is 0 Å². The summed E-state index contributed by atoms with van der Waals surface area (Å²) in [7, 11) is 0. The van der Waals surface area contributed by atoms with E-state index in [1.165, 1.54) is 16.9 Å². The van der Waals surface area contributed by atoms with Gasteiger partial charge in [-0.2, -0.15) is 10.4 Å². The zero-order valence-corrected chi connectivity index (χ0v) is 5.56. The van der Waals surface area contributed by atoms with Crippen LogP contribution < -0.4 is 0 Å². The molecule has 1 aromatic rings. The van der Waals surface area contributed by atoms with Crippen molar-refractivity contribution in [3.05, 3.63) is 18.0 Å². The van der Waals surface area contributed by atoms with Crippen LogP contribution in [0, 0.1) is 11.3 Å². The molecule has 0 unspecified atom stereocenters. The van der Waals surface area contributed by atoms with Crippen molar-refractivity contribution in [1.82, 2.24) is 9.78 Å². The second-order valence-electron chi connectivity index (χ2n) is 1.90. The molecule has 0 fully saturated rings. The summed E-state index contributed by atoms with van der Waals surface area (Å²) in [6.07, 6.45) is 1.45. The van der Waals surface area contributed by atoms with Crippen molar-refractivity contribution < 1.29 is 9.90 Å². The predicted octanol–water partition coefficient (Wildman–Crippen LogP) is -0.161. The van der Waals surface area contributed by atoms with E-state index >= 15 is 0 Å². The standard InChI is InChI=1S/C6H5N3O2/c7-3-5-1-2-9(8-5)4-6(10)11/h1-2H,4H2,(H,10,11). The molecule has 1 heterocycles. The molecule has 5 heteroatoms. The first-order chi connectivity index (χ1) is 5.22. The monoisotopic (exact) mass is 151 g/mol. The summed E-state index contributed by atoms with van der Waals surface area (Å²) >= 11 is 0. The van der Waals surface area contributed by atoms with Crippen LogP contribution in [0.3, 0.4) is 0 Å². The first-order valence-electron chi connectivity index (χ1n) is 2.87. The van der Waals surface area contributed by atoms with Gasteiger partial charge in [-0.15, -0.1) is 0 Å². The van der Waals surface area contributed by atoms with Crippen molar-refractivity contribution in [1.29, 1.82) is 5.26 Å². The van der Waals surface area contributed by atoms with Crippen LogP contribution in [0.1, 0.15) is 5.69 Å². The Balaban J connectivity index is 2.75. The number of nitrogens with zero attached hydrogens (tertiary/aromatic N) is 3. The van der Waals surface area contributed by atoms with E-state index in [1.807, 2.05) is 0 Å². The molecule has 0 bridgehead atoms. The lowest BCUT2D eigenvalue weighted by Gasteiger charge is -1.91. The van der Waals surface area contributed by atoms with Crippen LogP contribution in [0.2, 0.25) is 0 Å². The van der Waals surface area contributed by atoms with E-state index in [4.69, 9.17) is 10.4 Å². The third-order valence-corrected chi connectivity index (χ3v) is 1.05. The van der Waals surface area contributed by atoms with Crippen LogP contribution in [-0.4, -0.2) is 20.9 Å². The highest BCUT2D eigenvalue weighted by Crippen LogP contribution is 1.91. The zero-order chi connectivity index (χ0) is 8.27. The molecule has 11 heavy (non-hydrogen) atoms. The van der Waals surface area contributed by atoms with E-state index in [0.29, 0.717) is 0 Å². The van der Waals surface area contributed by atoms with Gasteiger partial charge in [0.2, 0.25) is 0 Å². The molecule has 0 spiro atoms. The average Bonchev–Trinajstić information content (AvgIpc) is 2.34. The molecule has 1 N–H and O–H groups in total. The maximum Gasteiger partial charge on any atom is 0.325 e. The fourth-order valence-corrected chi connectivity index (χ4v) is 0.648. The van der Waals surface area contributed by atoms with Crippen molar-refractivity contribution in [2.75, 3.05) is 0 Å². The normalized spacial score (nSPS) is 9.00. The van der Waals surface area contributed by atoms with Gasteiger partial charge in [-0.1, -0.05) is 0 Å². The number of carbonyl (C=O) groups is 1. The Kier molecular flexibility index (Phi) is 1.88. The highest BCUT2D eigenvalue weighted by atomic mass is 16.4. The number of aromatic nitrogens is 2. The Morgan fingerprint density at radius 2 is 2.64 bits per heavy atom. The summed E-state index contributed by atoms with van der Waals surface area (Å²) in [5.41, 5.74) is 0.228. The minimum atomic E-state index is -0.974. The number of hydrogen-bond acceptors (Lipinski definition) is 3. The van der Waals surface area contributed by atoms with E-state index in [-0.39, 0.29) is 12.2 Å². The summed E-state index contributed by atoms with van der Waals surface area (Å²) in [6.45, 7) is -0.207. The molecular weight excluding hydrogens is 146 g/mol. The number of hydrogen-bond donors (Lipinski definition) is 1. The quantitative estimate of drug-likeness (QED) is 0.636. The second-order valence-corrected chi connectivity index (χ2v) is 1.90. The van der Waals surface area contributed by atoms with Crippen molar-refractivity contribution in [2.24, 2.45) is 0 Å². The van der Waals surface area contributed by atoms with Gasteiger partial charge in [0, 0.05) is 6.20 Å². The van der Waals surface area contributed by atoms with Gasteiger partial charge in [-0.05, 0) is 6.07 Å². The molecule has 0 atom stereocenters. The van der Waals surface area contributed by atoms with E-state index in [1.54, 1.807) is 6.07 Å². The third-order valence-electron chi connectivity index (χ3n) is 1.05. The predicted molar refractivity (Wildman–Crippen MR) is 34.6 cm³/mol. The molecule has 1 rings (SSSR count). The highest BCUT2D eigenvalue weighted by Gasteiger charge is 2.00. The van der Waals surface area contributed by atoms with Crippen molar-refractivity contribution in [3.63, 3.8) is 0 Å². The van der Waals surface area contributed by atoms with Crippen LogP contribution in [-0.2, 0) is 11.3 Å². The van der Waals surface area contributed by atoms with E-state index in [2.05, 4.69) is 5.10 Å². The van der Waals surface area contributed by atoms with E-state index < -0.39 is 5.97 Å². The number of aliphatic carboxylic acids is 1. The van der Waals surface area contributed by atoms with E-state index in [0.717, 1.165) is 0 Å². The van der Waals surface area contributed by atoms with Gasteiger partial charge in [-0.3, -0.25) is 9.48 Å². The lowest BCUT2D eigenvalue weighted by atomic mass is 10.5. The minimum Gasteiger partial charge on any atom is -0.480 e. The maximum absolute atomic E-state index is 10.1. The summed E-state index contributed by atoms with van der Waals surface area (Å²) < 4.78 is 1.20. The first kappa shape index (κ1) is 7.28. The molecule has 0 saturated heterocycles. The Bertz CT molecular complexity index is 310. The molecular formula is C6H5N3O2. The van der Waals surface area contributed by atoms with Gasteiger partial charge >= 0.3 is 5.97 Å². The Morgan fingerprint density at radius 1 is 1.91 bits per heavy atom. The summed E-state index contributed by atoms with van der Waals surface area (Å²) in [4.78, 5) is 10.1. The van der Waals surface area contributed by atoms with Crippen molar-refractivity contribution in [2.45, 2.75) is 6.54 Å². The average molecular weight is 151 g/mol. The summed E-state index contributed by atoms with van der Waals surface area (Å²) in [5.74, 6) is -0.974. The fraction of sp³-hybridized carbons (Fsp3) is 0.167. The third kappa shape index (κ3) is 1.79. The molecule has 0 amide bonds.